The lowest BCUT2D eigenvalue weighted by Gasteiger charge is -2.37. The average Bonchev–Trinajstić information content (AvgIpc) is 2.72. The van der Waals surface area contributed by atoms with Crippen LogP contribution < -0.4 is 5.32 Å². The van der Waals surface area contributed by atoms with Gasteiger partial charge in [-0.15, -0.1) is 0 Å². The van der Waals surface area contributed by atoms with Gasteiger partial charge in [-0.25, -0.2) is 0 Å². The molecular weight excluding hydrogens is 244 g/mol. The minimum Gasteiger partial charge on any atom is -0.313 e. The summed E-state index contributed by atoms with van der Waals surface area (Å²) in [7, 11) is 2.37. The van der Waals surface area contributed by atoms with Crippen LogP contribution in [0.15, 0.2) is 0 Å². The van der Waals surface area contributed by atoms with Crippen LogP contribution in [-0.4, -0.2) is 37.1 Å². The summed E-state index contributed by atoms with van der Waals surface area (Å²) < 4.78 is 0. The lowest BCUT2D eigenvalue weighted by molar-refractivity contribution is 0.144. The van der Waals surface area contributed by atoms with E-state index in [-0.39, 0.29) is 0 Å². The van der Waals surface area contributed by atoms with E-state index in [0.29, 0.717) is 11.5 Å². The molecule has 0 spiro atoms. The summed E-state index contributed by atoms with van der Waals surface area (Å²) >= 11 is 0. The summed E-state index contributed by atoms with van der Waals surface area (Å²) in [6.07, 6.45) is 11.3. The third kappa shape index (κ3) is 3.98. The van der Waals surface area contributed by atoms with E-state index in [1.54, 1.807) is 0 Å². The van der Waals surface area contributed by atoms with Crippen LogP contribution in [0.25, 0.3) is 0 Å². The molecule has 2 nitrogen and oxygen atoms in total. The Morgan fingerprint density at radius 3 is 2.45 bits per heavy atom. The lowest BCUT2D eigenvalue weighted by atomic mass is 9.84. The Kier molecular flexibility index (Phi) is 5.92. The fourth-order valence-electron chi connectivity index (χ4n) is 4.50. The van der Waals surface area contributed by atoms with E-state index in [1.165, 1.54) is 64.5 Å². The first-order valence-corrected chi connectivity index (χ1v) is 8.98. The molecule has 0 heterocycles. The Morgan fingerprint density at radius 2 is 1.80 bits per heavy atom. The van der Waals surface area contributed by atoms with Gasteiger partial charge in [0.25, 0.3) is 0 Å². The highest BCUT2D eigenvalue weighted by Crippen LogP contribution is 2.42. The molecule has 2 heteroatoms. The van der Waals surface area contributed by atoms with Crippen molar-refractivity contribution in [3.05, 3.63) is 0 Å². The van der Waals surface area contributed by atoms with Crippen molar-refractivity contribution >= 4 is 0 Å². The first-order valence-electron chi connectivity index (χ1n) is 8.98. The molecule has 20 heavy (non-hydrogen) atoms. The molecule has 118 valence electrons. The van der Waals surface area contributed by atoms with Crippen LogP contribution in [0.5, 0.6) is 0 Å². The monoisotopic (exact) mass is 280 g/mol. The van der Waals surface area contributed by atoms with E-state index in [0.717, 1.165) is 12.0 Å². The molecule has 0 aromatic carbocycles. The summed E-state index contributed by atoms with van der Waals surface area (Å²) in [4.78, 5) is 2.69. The Labute approximate surface area is 126 Å². The van der Waals surface area contributed by atoms with Gasteiger partial charge in [-0.05, 0) is 57.0 Å². The van der Waals surface area contributed by atoms with Crippen LogP contribution >= 0.6 is 0 Å². The number of nitrogens with zero attached hydrogens (tertiary/aromatic N) is 1. The molecule has 0 bridgehead atoms. The lowest BCUT2D eigenvalue weighted by Crippen LogP contribution is -2.47. The van der Waals surface area contributed by atoms with Crippen LogP contribution in [0.3, 0.4) is 0 Å². The Bertz CT molecular complexity index is 281. The summed E-state index contributed by atoms with van der Waals surface area (Å²) in [6.45, 7) is 9.67. The molecule has 2 saturated carbocycles. The molecule has 2 aliphatic rings. The van der Waals surface area contributed by atoms with Gasteiger partial charge in [0, 0.05) is 18.6 Å². The predicted molar refractivity (Wildman–Crippen MR) is 88.1 cm³/mol. The molecule has 0 aliphatic heterocycles. The third-order valence-corrected chi connectivity index (χ3v) is 5.81. The van der Waals surface area contributed by atoms with E-state index in [4.69, 9.17) is 0 Å². The molecule has 2 unspecified atom stereocenters. The zero-order chi connectivity index (χ0) is 14.6. The van der Waals surface area contributed by atoms with E-state index in [9.17, 15) is 0 Å². The minimum atomic E-state index is 0.479. The first kappa shape index (κ1) is 16.3. The van der Waals surface area contributed by atoms with Crippen molar-refractivity contribution in [3.8, 4) is 0 Å². The summed E-state index contributed by atoms with van der Waals surface area (Å²) in [6, 6.07) is 1.58. The second-order valence-corrected chi connectivity index (χ2v) is 7.95. The van der Waals surface area contributed by atoms with Crippen LogP contribution in [0.1, 0.15) is 72.1 Å². The standard InChI is InChI=1S/C18H36N2/c1-5-13-19-17-15(11-12-18(17,2)3)14-20(4)16-9-7-6-8-10-16/h15-17,19H,5-14H2,1-4H3. The van der Waals surface area contributed by atoms with E-state index < -0.39 is 0 Å². The average molecular weight is 280 g/mol. The topological polar surface area (TPSA) is 15.3 Å². The van der Waals surface area contributed by atoms with Gasteiger partial charge in [0.15, 0.2) is 0 Å². The molecular formula is C18H36N2. The highest BCUT2D eigenvalue weighted by atomic mass is 15.1. The van der Waals surface area contributed by atoms with Gasteiger partial charge in [0.2, 0.25) is 0 Å². The molecule has 0 aromatic rings. The highest BCUT2D eigenvalue weighted by molar-refractivity contribution is 4.97. The molecule has 1 N–H and O–H groups in total. The first-order chi connectivity index (χ1) is 9.54. The molecule has 2 rings (SSSR count). The minimum absolute atomic E-state index is 0.479. The van der Waals surface area contributed by atoms with E-state index >= 15 is 0 Å². The van der Waals surface area contributed by atoms with Gasteiger partial charge in [-0.3, -0.25) is 0 Å². The zero-order valence-corrected chi connectivity index (χ0v) is 14.3. The SMILES string of the molecule is CCCNC1C(CN(C)C2CCCCC2)CCC1(C)C. The van der Waals surface area contributed by atoms with Crippen molar-refractivity contribution in [2.75, 3.05) is 20.1 Å². The van der Waals surface area contributed by atoms with E-state index in [1.807, 2.05) is 0 Å². The van der Waals surface area contributed by atoms with Crippen molar-refractivity contribution in [2.24, 2.45) is 11.3 Å². The van der Waals surface area contributed by atoms with Gasteiger partial charge < -0.3 is 10.2 Å². The number of rotatable bonds is 6. The molecule has 2 fully saturated rings. The molecule has 0 amide bonds. The second-order valence-electron chi connectivity index (χ2n) is 7.95. The van der Waals surface area contributed by atoms with Gasteiger partial charge >= 0.3 is 0 Å². The molecule has 0 aromatic heterocycles. The fraction of sp³-hybridized carbons (Fsp3) is 1.00. The normalized spacial score (nSPS) is 31.1. The third-order valence-electron chi connectivity index (χ3n) is 5.81. The van der Waals surface area contributed by atoms with Gasteiger partial charge in [-0.1, -0.05) is 40.0 Å². The molecule has 0 radical (unpaired) electrons. The fourth-order valence-corrected chi connectivity index (χ4v) is 4.50. The van der Waals surface area contributed by atoms with Crippen molar-refractivity contribution < 1.29 is 0 Å². The largest absolute Gasteiger partial charge is 0.313 e. The Balaban J connectivity index is 1.89. The van der Waals surface area contributed by atoms with Crippen LogP contribution in [0, 0.1) is 11.3 Å². The zero-order valence-electron chi connectivity index (χ0n) is 14.3. The summed E-state index contributed by atoms with van der Waals surface area (Å²) in [5.74, 6) is 0.850. The van der Waals surface area contributed by atoms with Crippen molar-refractivity contribution in [3.63, 3.8) is 0 Å². The summed E-state index contributed by atoms with van der Waals surface area (Å²) in [5.41, 5.74) is 0.479. The number of hydrogen-bond acceptors (Lipinski definition) is 2. The van der Waals surface area contributed by atoms with Gasteiger partial charge in [0.05, 0.1) is 0 Å². The van der Waals surface area contributed by atoms with Crippen LogP contribution in [-0.2, 0) is 0 Å². The van der Waals surface area contributed by atoms with Crippen molar-refractivity contribution in [1.29, 1.82) is 0 Å². The Morgan fingerprint density at radius 1 is 1.10 bits per heavy atom. The maximum atomic E-state index is 3.85. The van der Waals surface area contributed by atoms with Crippen molar-refractivity contribution in [2.45, 2.75) is 84.2 Å². The predicted octanol–water partition coefficient (Wildman–Crippen LogP) is 4.06. The van der Waals surface area contributed by atoms with Crippen LogP contribution in [0.2, 0.25) is 0 Å². The van der Waals surface area contributed by atoms with Gasteiger partial charge in [-0.2, -0.15) is 0 Å². The summed E-state index contributed by atoms with van der Waals surface area (Å²) in [5, 5.41) is 3.85. The van der Waals surface area contributed by atoms with Crippen LogP contribution in [0.4, 0.5) is 0 Å². The number of hydrogen-bond donors (Lipinski definition) is 1. The second kappa shape index (κ2) is 7.26. The smallest absolute Gasteiger partial charge is 0.0159 e. The highest BCUT2D eigenvalue weighted by Gasteiger charge is 2.42. The molecule has 2 atom stereocenters. The maximum Gasteiger partial charge on any atom is 0.0159 e. The Hall–Kier alpha value is -0.0800. The van der Waals surface area contributed by atoms with Crippen molar-refractivity contribution in [1.82, 2.24) is 10.2 Å². The van der Waals surface area contributed by atoms with Gasteiger partial charge in [0.1, 0.15) is 0 Å². The molecule has 2 aliphatic carbocycles. The molecule has 0 saturated heterocycles. The maximum absolute atomic E-state index is 3.85. The quantitative estimate of drug-likeness (QED) is 0.789. The van der Waals surface area contributed by atoms with E-state index in [2.05, 4.69) is 38.0 Å². The number of nitrogens with one attached hydrogen (secondary N) is 1.